The monoisotopic (exact) mass is 230 g/mol. The average molecular weight is 230 g/mol. The average Bonchev–Trinajstić information content (AvgIpc) is 2.62. The second-order valence-corrected chi connectivity index (χ2v) is 5.19. The van der Waals surface area contributed by atoms with Crippen molar-refractivity contribution in [1.29, 1.82) is 0 Å². The van der Waals surface area contributed by atoms with E-state index in [9.17, 15) is 9.90 Å². The van der Waals surface area contributed by atoms with Crippen molar-refractivity contribution in [2.45, 2.75) is 51.4 Å². The lowest BCUT2D eigenvalue weighted by molar-refractivity contribution is 0.00671. The lowest BCUT2D eigenvalue weighted by atomic mass is 10.1. The highest BCUT2D eigenvalue weighted by Crippen LogP contribution is 2.22. The molecule has 1 aliphatic heterocycles. The van der Waals surface area contributed by atoms with Crippen molar-refractivity contribution in [3.8, 4) is 0 Å². The van der Waals surface area contributed by atoms with E-state index in [1.165, 1.54) is 0 Å². The van der Waals surface area contributed by atoms with Crippen molar-refractivity contribution in [2.24, 2.45) is 5.73 Å². The number of ether oxygens (including phenoxy) is 1. The summed E-state index contributed by atoms with van der Waals surface area (Å²) in [5.74, 6) is 0. The summed E-state index contributed by atoms with van der Waals surface area (Å²) >= 11 is 0. The molecule has 0 aromatic heterocycles. The maximum absolute atomic E-state index is 11.8. The van der Waals surface area contributed by atoms with Crippen LogP contribution in [0.25, 0.3) is 0 Å². The minimum atomic E-state index is -0.657. The Kier molecular flexibility index (Phi) is 4.15. The first kappa shape index (κ1) is 13.3. The highest BCUT2D eigenvalue weighted by atomic mass is 16.6. The Morgan fingerprint density at radius 3 is 2.75 bits per heavy atom. The van der Waals surface area contributed by atoms with E-state index in [1.54, 1.807) is 4.90 Å². The number of carbonyl (C=O) groups is 1. The molecule has 0 bridgehead atoms. The standard InChI is InChI=1S/C11H22N2O3/c1-11(2,3)16-10(15)13-6-4-5-8(13)9(14)7-12/h8-9,14H,4-7,12H2,1-3H3/t8?,9-/m1/s1. The van der Waals surface area contributed by atoms with Crippen LogP contribution in [0.1, 0.15) is 33.6 Å². The highest BCUT2D eigenvalue weighted by Gasteiger charge is 2.35. The Hall–Kier alpha value is -0.810. The van der Waals surface area contributed by atoms with Gasteiger partial charge in [-0.2, -0.15) is 0 Å². The summed E-state index contributed by atoms with van der Waals surface area (Å²) in [7, 11) is 0. The Balaban J connectivity index is 2.61. The quantitative estimate of drug-likeness (QED) is 0.732. The van der Waals surface area contributed by atoms with Gasteiger partial charge in [-0.25, -0.2) is 4.79 Å². The van der Waals surface area contributed by atoms with Gasteiger partial charge in [0.1, 0.15) is 5.60 Å². The summed E-state index contributed by atoms with van der Waals surface area (Å²) in [5.41, 5.74) is 4.91. The lowest BCUT2D eigenvalue weighted by Gasteiger charge is -2.30. The van der Waals surface area contributed by atoms with Crippen LogP contribution in [0.3, 0.4) is 0 Å². The molecular weight excluding hydrogens is 208 g/mol. The maximum atomic E-state index is 11.8. The van der Waals surface area contributed by atoms with Gasteiger partial charge in [-0.3, -0.25) is 0 Å². The number of nitrogens with two attached hydrogens (primary N) is 1. The molecule has 1 unspecified atom stereocenters. The Morgan fingerprint density at radius 2 is 2.25 bits per heavy atom. The molecule has 2 atom stereocenters. The summed E-state index contributed by atoms with van der Waals surface area (Å²) in [6.07, 6.45) is 0.663. The molecule has 0 aliphatic carbocycles. The van der Waals surface area contributed by atoms with E-state index in [4.69, 9.17) is 10.5 Å². The topological polar surface area (TPSA) is 75.8 Å². The van der Waals surface area contributed by atoms with Crippen LogP contribution in [0.15, 0.2) is 0 Å². The van der Waals surface area contributed by atoms with Crippen molar-refractivity contribution in [3.05, 3.63) is 0 Å². The van der Waals surface area contributed by atoms with Gasteiger partial charge < -0.3 is 20.5 Å². The van der Waals surface area contributed by atoms with Gasteiger partial charge in [-0.05, 0) is 33.6 Å². The molecule has 0 spiro atoms. The van der Waals surface area contributed by atoms with Gasteiger partial charge in [0.2, 0.25) is 0 Å². The van der Waals surface area contributed by atoms with E-state index in [-0.39, 0.29) is 18.7 Å². The number of rotatable bonds is 2. The fourth-order valence-electron chi connectivity index (χ4n) is 1.90. The second-order valence-electron chi connectivity index (χ2n) is 5.19. The minimum Gasteiger partial charge on any atom is -0.444 e. The number of amides is 1. The van der Waals surface area contributed by atoms with Gasteiger partial charge in [0, 0.05) is 13.1 Å². The van der Waals surface area contributed by atoms with Gasteiger partial charge >= 0.3 is 6.09 Å². The van der Waals surface area contributed by atoms with E-state index < -0.39 is 11.7 Å². The number of hydrogen-bond acceptors (Lipinski definition) is 4. The van der Waals surface area contributed by atoms with Crippen LogP contribution in [-0.2, 0) is 4.74 Å². The first-order chi connectivity index (χ1) is 7.35. The molecule has 0 saturated carbocycles. The number of aliphatic hydroxyl groups excluding tert-OH is 1. The van der Waals surface area contributed by atoms with Crippen LogP contribution in [0.4, 0.5) is 4.79 Å². The molecule has 16 heavy (non-hydrogen) atoms. The van der Waals surface area contributed by atoms with Gasteiger partial charge in [-0.1, -0.05) is 0 Å². The van der Waals surface area contributed by atoms with Crippen LogP contribution in [-0.4, -0.2) is 46.9 Å². The van der Waals surface area contributed by atoms with E-state index >= 15 is 0 Å². The molecule has 5 nitrogen and oxygen atoms in total. The summed E-state index contributed by atoms with van der Waals surface area (Å²) < 4.78 is 5.28. The Labute approximate surface area is 96.6 Å². The molecule has 94 valence electrons. The van der Waals surface area contributed by atoms with Crippen LogP contribution < -0.4 is 5.73 Å². The molecule has 1 heterocycles. The third-order valence-corrected chi connectivity index (χ3v) is 2.61. The molecule has 1 saturated heterocycles. The normalized spacial score (nSPS) is 23.3. The van der Waals surface area contributed by atoms with Crippen LogP contribution >= 0.6 is 0 Å². The third kappa shape index (κ3) is 3.35. The van der Waals surface area contributed by atoms with Crippen LogP contribution in [0, 0.1) is 0 Å². The molecular formula is C11H22N2O3. The predicted octanol–water partition coefficient (Wildman–Crippen LogP) is 0.706. The Bertz CT molecular complexity index is 250. The molecule has 1 aliphatic rings. The SMILES string of the molecule is CC(C)(C)OC(=O)N1CCCC1[C@H](O)CN. The second kappa shape index (κ2) is 5.01. The molecule has 0 radical (unpaired) electrons. The predicted molar refractivity (Wildman–Crippen MR) is 61.0 cm³/mol. The van der Waals surface area contributed by atoms with Gasteiger partial charge in [0.25, 0.3) is 0 Å². The highest BCUT2D eigenvalue weighted by molar-refractivity contribution is 5.69. The fraction of sp³-hybridized carbons (Fsp3) is 0.909. The zero-order chi connectivity index (χ0) is 12.3. The lowest BCUT2D eigenvalue weighted by Crippen LogP contribution is -2.47. The van der Waals surface area contributed by atoms with Crippen molar-refractivity contribution >= 4 is 6.09 Å². The molecule has 1 amide bonds. The summed E-state index contributed by atoms with van der Waals surface area (Å²) in [5, 5.41) is 9.70. The van der Waals surface area contributed by atoms with E-state index in [0.717, 1.165) is 12.8 Å². The number of likely N-dealkylation sites (tertiary alicyclic amines) is 1. The summed E-state index contributed by atoms with van der Waals surface area (Å²) in [6, 6.07) is -0.195. The van der Waals surface area contributed by atoms with Crippen molar-refractivity contribution < 1.29 is 14.6 Å². The molecule has 0 aromatic rings. The smallest absolute Gasteiger partial charge is 0.410 e. The van der Waals surface area contributed by atoms with E-state index in [2.05, 4.69) is 0 Å². The van der Waals surface area contributed by atoms with E-state index in [1.807, 2.05) is 20.8 Å². The molecule has 3 N–H and O–H groups in total. The number of hydrogen-bond donors (Lipinski definition) is 2. The van der Waals surface area contributed by atoms with Crippen LogP contribution in [0.5, 0.6) is 0 Å². The molecule has 1 rings (SSSR count). The maximum Gasteiger partial charge on any atom is 0.410 e. The zero-order valence-electron chi connectivity index (χ0n) is 10.3. The van der Waals surface area contributed by atoms with Crippen molar-refractivity contribution in [1.82, 2.24) is 4.90 Å². The molecule has 5 heteroatoms. The third-order valence-electron chi connectivity index (χ3n) is 2.61. The van der Waals surface area contributed by atoms with Gasteiger partial charge in [0.05, 0.1) is 12.1 Å². The first-order valence-electron chi connectivity index (χ1n) is 5.73. The molecule has 1 fully saturated rings. The Morgan fingerprint density at radius 1 is 1.62 bits per heavy atom. The number of aliphatic hydroxyl groups is 1. The van der Waals surface area contributed by atoms with Gasteiger partial charge in [0.15, 0.2) is 0 Å². The van der Waals surface area contributed by atoms with Crippen LogP contribution in [0.2, 0.25) is 0 Å². The fourth-order valence-corrected chi connectivity index (χ4v) is 1.90. The summed E-state index contributed by atoms with van der Waals surface area (Å²) in [4.78, 5) is 13.4. The van der Waals surface area contributed by atoms with E-state index in [0.29, 0.717) is 6.54 Å². The van der Waals surface area contributed by atoms with Gasteiger partial charge in [-0.15, -0.1) is 0 Å². The number of carbonyl (C=O) groups excluding carboxylic acids is 1. The largest absolute Gasteiger partial charge is 0.444 e. The minimum absolute atomic E-state index is 0.171. The van der Waals surface area contributed by atoms with Crippen molar-refractivity contribution in [3.63, 3.8) is 0 Å². The number of nitrogens with zero attached hydrogens (tertiary/aromatic N) is 1. The zero-order valence-corrected chi connectivity index (χ0v) is 10.3. The first-order valence-corrected chi connectivity index (χ1v) is 5.73. The van der Waals surface area contributed by atoms with Crippen molar-refractivity contribution in [2.75, 3.05) is 13.1 Å². The molecule has 0 aromatic carbocycles. The summed E-state index contributed by atoms with van der Waals surface area (Å²) in [6.45, 7) is 6.29.